The maximum atomic E-state index is 11.3. The number of unbranched alkanes of at least 4 members (excludes halogenated alkanes) is 2. The largest absolute Gasteiger partial charge is 0.359 e. The summed E-state index contributed by atoms with van der Waals surface area (Å²) >= 11 is 0. The van der Waals surface area contributed by atoms with Gasteiger partial charge in [0.15, 0.2) is 0 Å². The van der Waals surface area contributed by atoms with E-state index in [1.165, 1.54) is 22.2 Å². The molecule has 3 aromatic rings. The molecule has 0 bridgehead atoms. The van der Waals surface area contributed by atoms with E-state index in [9.17, 15) is 4.79 Å². The van der Waals surface area contributed by atoms with E-state index < -0.39 is 0 Å². The predicted octanol–water partition coefficient (Wildman–Crippen LogP) is 4.09. The molecule has 1 N–H and O–H groups in total. The Morgan fingerprint density at radius 1 is 1.12 bits per heavy atom. The minimum atomic E-state index is 0.126. The van der Waals surface area contributed by atoms with Gasteiger partial charge >= 0.3 is 0 Å². The van der Waals surface area contributed by atoms with Gasteiger partial charge in [0.1, 0.15) is 0 Å². The van der Waals surface area contributed by atoms with E-state index in [4.69, 9.17) is 0 Å². The van der Waals surface area contributed by atoms with Crippen molar-refractivity contribution in [1.82, 2.24) is 14.9 Å². The first-order valence-electron chi connectivity index (χ1n) is 8.89. The second kappa shape index (κ2) is 7.97. The van der Waals surface area contributed by atoms with E-state index in [1.807, 2.05) is 18.5 Å². The number of carbonyl (C=O) groups excluding carboxylic acids is 1. The molecule has 3 rings (SSSR count). The summed E-state index contributed by atoms with van der Waals surface area (Å²) in [5, 5.41) is 4.00. The van der Waals surface area contributed by atoms with E-state index in [0.29, 0.717) is 6.42 Å². The maximum Gasteiger partial charge on any atom is 0.219 e. The van der Waals surface area contributed by atoms with Crippen molar-refractivity contribution in [2.45, 2.75) is 32.1 Å². The number of nitrogens with zero attached hydrogens (tertiary/aromatic N) is 2. The van der Waals surface area contributed by atoms with Gasteiger partial charge in [0.05, 0.1) is 5.69 Å². The third-order valence-corrected chi connectivity index (χ3v) is 4.76. The van der Waals surface area contributed by atoms with Crippen LogP contribution in [0, 0.1) is 0 Å². The number of aromatic nitrogens is 2. The highest BCUT2D eigenvalue weighted by Gasteiger charge is 2.16. The number of para-hydroxylation sites is 1. The molecular formula is C21H25N3O. The predicted molar refractivity (Wildman–Crippen MR) is 102 cm³/mol. The van der Waals surface area contributed by atoms with Crippen molar-refractivity contribution in [3.8, 4) is 11.3 Å². The molecular weight excluding hydrogens is 310 g/mol. The molecule has 4 nitrogen and oxygen atoms in total. The van der Waals surface area contributed by atoms with Crippen molar-refractivity contribution >= 4 is 16.8 Å². The van der Waals surface area contributed by atoms with Gasteiger partial charge in [-0.25, -0.2) is 0 Å². The van der Waals surface area contributed by atoms with Crippen molar-refractivity contribution in [2.75, 3.05) is 7.05 Å². The average molecular weight is 335 g/mol. The average Bonchev–Trinajstić information content (AvgIpc) is 2.94. The number of pyridine rings is 1. The Bertz CT molecular complexity index is 852. The number of benzene rings is 1. The van der Waals surface area contributed by atoms with E-state index >= 15 is 0 Å². The van der Waals surface area contributed by atoms with Crippen molar-refractivity contribution in [3.05, 3.63) is 54.4 Å². The van der Waals surface area contributed by atoms with Crippen LogP contribution in [0.2, 0.25) is 0 Å². The van der Waals surface area contributed by atoms with Crippen LogP contribution in [-0.4, -0.2) is 22.5 Å². The normalized spacial score (nSPS) is 11.0. The fourth-order valence-electron chi connectivity index (χ4n) is 3.48. The maximum absolute atomic E-state index is 11.3. The molecule has 2 heterocycles. The highest BCUT2D eigenvalue weighted by atomic mass is 16.1. The Balaban J connectivity index is 1.84. The molecule has 0 saturated heterocycles. The molecule has 25 heavy (non-hydrogen) atoms. The third kappa shape index (κ3) is 3.73. The van der Waals surface area contributed by atoms with Gasteiger partial charge in [-0.2, -0.15) is 0 Å². The van der Waals surface area contributed by atoms with Crippen molar-refractivity contribution in [2.24, 2.45) is 7.05 Å². The second-order valence-corrected chi connectivity index (χ2v) is 6.38. The number of aryl methyl sites for hydroxylation is 2. The van der Waals surface area contributed by atoms with Gasteiger partial charge in [-0.05, 0) is 43.0 Å². The number of hydrogen-bond acceptors (Lipinski definition) is 2. The van der Waals surface area contributed by atoms with Gasteiger partial charge < -0.3 is 9.88 Å². The molecule has 0 saturated carbocycles. The van der Waals surface area contributed by atoms with Crippen LogP contribution in [0.15, 0.2) is 48.8 Å². The summed E-state index contributed by atoms with van der Waals surface area (Å²) in [6.07, 6.45) is 8.45. The molecule has 0 aliphatic carbocycles. The summed E-state index contributed by atoms with van der Waals surface area (Å²) in [5.74, 6) is 0.126. The summed E-state index contributed by atoms with van der Waals surface area (Å²) in [6, 6.07) is 12.7. The van der Waals surface area contributed by atoms with Crippen molar-refractivity contribution < 1.29 is 4.79 Å². The minimum absolute atomic E-state index is 0.126. The Kier molecular flexibility index (Phi) is 5.49. The second-order valence-electron chi connectivity index (χ2n) is 6.38. The van der Waals surface area contributed by atoms with E-state index in [-0.39, 0.29) is 5.91 Å². The topological polar surface area (TPSA) is 46.9 Å². The molecule has 1 aromatic carbocycles. The van der Waals surface area contributed by atoms with Crippen LogP contribution in [0.1, 0.15) is 31.2 Å². The fourth-order valence-corrected chi connectivity index (χ4v) is 3.48. The SMILES string of the molecule is CNC(=O)CCCCCc1c(-c2cccnc2)n(C)c2ccccc12. The molecule has 0 aliphatic heterocycles. The lowest BCUT2D eigenvalue weighted by Crippen LogP contribution is -2.16. The highest BCUT2D eigenvalue weighted by Crippen LogP contribution is 2.33. The van der Waals surface area contributed by atoms with Crippen LogP contribution in [0.5, 0.6) is 0 Å². The van der Waals surface area contributed by atoms with E-state index in [1.54, 1.807) is 7.05 Å². The van der Waals surface area contributed by atoms with Gasteiger partial charge in [-0.3, -0.25) is 9.78 Å². The molecule has 0 radical (unpaired) electrons. The summed E-state index contributed by atoms with van der Waals surface area (Å²) < 4.78 is 2.27. The fraction of sp³-hybridized carbons (Fsp3) is 0.333. The number of rotatable bonds is 7. The van der Waals surface area contributed by atoms with Crippen molar-refractivity contribution in [1.29, 1.82) is 0 Å². The van der Waals surface area contributed by atoms with Crippen LogP contribution in [0.4, 0.5) is 0 Å². The summed E-state index contributed by atoms with van der Waals surface area (Å²) in [6.45, 7) is 0. The van der Waals surface area contributed by atoms with Crippen LogP contribution < -0.4 is 5.32 Å². The lowest BCUT2D eigenvalue weighted by atomic mass is 10.00. The number of fused-ring (bicyclic) bond motifs is 1. The Morgan fingerprint density at radius 3 is 2.72 bits per heavy atom. The first-order valence-corrected chi connectivity index (χ1v) is 8.89. The molecule has 0 unspecified atom stereocenters. The zero-order chi connectivity index (χ0) is 17.6. The van der Waals surface area contributed by atoms with Crippen molar-refractivity contribution in [3.63, 3.8) is 0 Å². The number of carbonyl (C=O) groups is 1. The lowest BCUT2D eigenvalue weighted by Gasteiger charge is -2.08. The lowest BCUT2D eigenvalue weighted by molar-refractivity contribution is -0.120. The molecule has 130 valence electrons. The zero-order valence-electron chi connectivity index (χ0n) is 15.0. The van der Waals surface area contributed by atoms with Gasteiger partial charge in [-0.1, -0.05) is 24.6 Å². The molecule has 0 aliphatic rings. The Hall–Kier alpha value is -2.62. The molecule has 4 heteroatoms. The van der Waals surface area contributed by atoms with Gasteiger partial charge in [0.25, 0.3) is 0 Å². The van der Waals surface area contributed by atoms with Crippen LogP contribution in [0.25, 0.3) is 22.2 Å². The third-order valence-electron chi connectivity index (χ3n) is 4.76. The van der Waals surface area contributed by atoms with Crippen LogP contribution in [-0.2, 0) is 18.3 Å². The zero-order valence-corrected chi connectivity index (χ0v) is 15.0. The molecule has 2 aromatic heterocycles. The summed E-state index contributed by atoms with van der Waals surface area (Å²) in [5.41, 5.74) is 5.04. The first-order chi connectivity index (χ1) is 12.2. The van der Waals surface area contributed by atoms with E-state index in [0.717, 1.165) is 31.2 Å². The Labute approximate surface area is 148 Å². The van der Waals surface area contributed by atoms with Gasteiger partial charge in [0, 0.05) is 49.4 Å². The highest BCUT2D eigenvalue weighted by molar-refractivity contribution is 5.91. The molecule has 0 spiro atoms. The number of amides is 1. The quantitative estimate of drug-likeness (QED) is 0.661. The number of nitrogens with one attached hydrogen (secondary N) is 1. The van der Waals surface area contributed by atoms with E-state index in [2.05, 4.69) is 52.2 Å². The first kappa shape index (κ1) is 17.2. The molecule has 1 amide bonds. The van der Waals surface area contributed by atoms with Crippen LogP contribution in [0.3, 0.4) is 0 Å². The minimum Gasteiger partial charge on any atom is -0.359 e. The smallest absolute Gasteiger partial charge is 0.219 e. The number of hydrogen-bond donors (Lipinski definition) is 1. The standard InChI is InChI=1S/C21H25N3O/c1-22-20(25)13-5-3-4-11-18-17-10-6-7-12-19(17)24(2)21(18)16-9-8-14-23-15-16/h6-10,12,14-15H,3-5,11,13H2,1-2H3,(H,22,25). The summed E-state index contributed by atoms with van der Waals surface area (Å²) in [4.78, 5) is 15.6. The van der Waals surface area contributed by atoms with Crippen LogP contribution >= 0.6 is 0 Å². The molecule has 0 atom stereocenters. The summed E-state index contributed by atoms with van der Waals surface area (Å²) in [7, 11) is 3.82. The molecule has 0 fully saturated rings. The van der Waals surface area contributed by atoms with Gasteiger partial charge in [-0.15, -0.1) is 0 Å². The Morgan fingerprint density at radius 2 is 1.96 bits per heavy atom. The van der Waals surface area contributed by atoms with Gasteiger partial charge in [0.2, 0.25) is 5.91 Å². The monoisotopic (exact) mass is 335 g/mol.